The van der Waals surface area contributed by atoms with Crippen molar-refractivity contribution in [3.05, 3.63) is 29.6 Å². The van der Waals surface area contributed by atoms with Crippen molar-refractivity contribution >= 4 is 22.8 Å². The summed E-state index contributed by atoms with van der Waals surface area (Å²) in [6, 6.07) is 5.44. The molecular formula is C14H18N4O2. The van der Waals surface area contributed by atoms with E-state index in [1.165, 1.54) is 6.92 Å². The molecule has 2 aromatic rings. The van der Waals surface area contributed by atoms with E-state index in [4.69, 9.17) is 0 Å². The van der Waals surface area contributed by atoms with Crippen molar-refractivity contribution in [1.82, 2.24) is 20.2 Å². The summed E-state index contributed by atoms with van der Waals surface area (Å²) < 4.78 is 1.98. The Morgan fingerprint density at radius 2 is 1.95 bits per heavy atom. The van der Waals surface area contributed by atoms with Crippen molar-refractivity contribution in [2.75, 3.05) is 13.1 Å². The second-order valence-electron chi connectivity index (χ2n) is 4.66. The lowest BCUT2D eigenvalue weighted by molar-refractivity contribution is -0.118. The number of rotatable bonds is 4. The Bertz CT molecular complexity index is 660. The lowest BCUT2D eigenvalue weighted by Gasteiger charge is -2.06. The summed E-state index contributed by atoms with van der Waals surface area (Å²) in [5, 5.41) is 5.38. The summed E-state index contributed by atoms with van der Waals surface area (Å²) in [6.07, 6.45) is 0. The van der Waals surface area contributed by atoms with Gasteiger partial charge in [-0.2, -0.15) is 0 Å². The molecule has 20 heavy (non-hydrogen) atoms. The first-order valence-electron chi connectivity index (χ1n) is 6.45. The Hall–Kier alpha value is -2.37. The number of nitrogens with one attached hydrogen (secondary N) is 2. The first-order chi connectivity index (χ1) is 9.49. The van der Waals surface area contributed by atoms with Crippen LogP contribution >= 0.6 is 0 Å². The van der Waals surface area contributed by atoms with Crippen LogP contribution in [-0.4, -0.2) is 34.5 Å². The highest BCUT2D eigenvalue weighted by molar-refractivity contribution is 5.97. The quantitative estimate of drug-likeness (QED) is 0.808. The number of amides is 2. The number of carbonyl (C=O) groups excluding carboxylic acids is 2. The van der Waals surface area contributed by atoms with E-state index < -0.39 is 0 Å². The molecule has 0 atom stereocenters. The van der Waals surface area contributed by atoms with Crippen molar-refractivity contribution in [3.63, 3.8) is 0 Å². The molecule has 0 saturated heterocycles. The molecule has 0 saturated carbocycles. The Morgan fingerprint density at radius 1 is 1.25 bits per heavy atom. The van der Waals surface area contributed by atoms with Crippen LogP contribution in [0.5, 0.6) is 0 Å². The number of aryl methyl sites for hydroxylation is 2. The van der Waals surface area contributed by atoms with Gasteiger partial charge in [0.05, 0.1) is 11.0 Å². The summed E-state index contributed by atoms with van der Waals surface area (Å²) in [5.41, 5.74) is 2.37. The van der Waals surface area contributed by atoms with Gasteiger partial charge < -0.3 is 15.2 Å². The number of hydrogen-bond acceptors (Lipinski definition) is 3. The highest BCUT2D eigenvalue weighted by Crippen LogP contribution is 2.16. The third kappa shape index (κ3) is 2.96. The van der Waals surface area contributed by atoms with Gasteiger partial charge in [0.25, 0.3) is 5.91 Å². The Labute approximate surface area is 117 Å². The molecule has 1 aromatic carbocycles. The number of carbonyl (C=O) groups is 2. The van der Waals surface area contributed by atoms with E-state index in [-0.39, 0.29) is 11.8 Å². The molecule has 2 rings (SSSR count). The van der Waals surface area contributed by atoms with Gasteiger partial charge in [0, 0.05) is 32.6 Å². The normalized spacial score (nSPS) is 10.6. The molecule has 0 unspecified atom stereocenters. The van der Waals surface area contributed by atoms with Crippen molar-refractivity contribution in [2.45, 2.75) is 13.8 Å². The van der Waals surface area contributed by atoms with E-state index in [9.17, 15) is 9.59 Å². The van der Waals surface area contributed by atoms with Crippen LogP contribution in [0, 0.1) is 6.92 Å². The van der Waals surface area contributed by atoms with E-state index >= 15 is 0 Å². The molecule has 0 radical (unpaired) electrons. The molecular weight excluding hydrogens is 256 g/mol. The number of benzene rings is 1. The maximum Gasteiger partial charge on any atom is 0.251 e. The molecule has 0 aliphatic heterocycles. The third-order valence-electron chi connectivity index (χ3n) is 3.15. The minimum atomic E-state index is -0.166. The van der Waals surface area contributed by atoms with Gasteiger partial charge in [-0.3, -0.25) is 9.59 Å². The van der Waals surface area contributed by atoms with Crippen LogP contribution in [0.25, 0.3) is 11.0 Å². The summed E-state index contributed by atoms with van der Waals surface area (Å²) in [5.74, 6) is 0.633. The zero-order chi connectivity index (χ0) is 14.7. The average molecular weight is 274 g/mol. The summed E-state index contributed by atoms with van der Waals surface area (Å²) >= 11 is 0. The fourth-order valence-electron chi connectivity index (χ4n) is 1.98. The molecule has 0 spiro atoms. The first-order valence-corrected chi connectivity index (χ1v) is 6.45. The van der Waals surface area contributed by atoms with E-state index in [2.05, 4.69) is 15.6 Å². The van der Waals surface area contributed by atoms with Gasteiger partial charge >= 0.3 is 0 Å². The monoisotopic (exact) mass is 274 g/mol. The number of hydrogen-bond donors (Lipinski definition) is 2. The molecule has 1 heterocycles. The van der Waals surface area contributed by atoms with Gasteiger partial charge in [0.1, 0.15) is 5.82 Å². The van der Waals surface area contributed by atoms with Gasteiger partial charge in [0.15, 0.2) is 0 Å². The standard InChI is InChI=1S/C14H18N4O2/c1-9-17-12-8-11(4-5-13(12)18(9)3)14(20)16-7-6-15-10(2)19/h4-5,8H,6-7H2,1-3H3,(H,15,19)(H,16,20). The number of imidazole rings is 1. The Balaban J connectivity index is 2.05. The van der Waals surface area contributed by atoms with Crippen molar-refractivity contribution in [1.29, 1.82) is 0 Å². The molecule has 6 nitrogen and oxygen atoms in total. The van der Waals surface area contributed by atoms with Gasteiger partial charge in [-0.25, -0.2) is 4.98 Å². The molecule has 6 heteroatoms. The van der Waals surface area contributed by atoms with Gasteiger partial charge in [-0.15, -0.1) is 0 Å². The minimum Gasteiger partial charge on any atom is -0.355 e. The highest BCUT2D eigenvalue weighted by atomic mass is 16.2. The van der Waals surface area contributed by atoms with Crippen molar-refractivity contribution in [2.24, 2.45) is 7.05 Å². The lowest BCUT2D eigenvalue weighted by atomic mass is 10.2. The Morgan fingerprint density at radius 3 is 2.65 bits per heavy atom. The smallest absolute Gasteiger partial charge is 0.251 e. The molecule has 106 valence electrons. The second-order valence-corrected chi connectivity index (χ2v) is 4.66. The fourth-order valence-corrected chi connectivity index (χ4v) is 1.98. The summed E-state index contributed by atoms with van der Waals surface area (Å²) in [6.45, 7) is 4.19. The predicted octanol–water partition coefficient (Wildman–Crippen LogP) is 0.748. The van der Waals surface area contributed by atoms with Crippen molar-refractivity contribution in [3.8, 4) is 0 Å². The summed E-state index contributed by atoms with van der Waals surface area (Å²) in [7, 11) is 1.94. The van der Waals surface area contributed by atoms with E-state index in [1.807, 2.05) is 24.6 Å². The van der Waals surface area contributed by atoms with Gasteiger partial charge in [-0.1, -0.05) is 0 Å². The van der Waals surface area contributed by atoms with Crippen LogP contribution in [0.1, 0.15) is 23.1 Å². The largest absolute Gasteiger partial charge is 0.355 e. The molecule has 0 bridgehead atoms. The fraction of sp³-hybridized carbons (Fsp3) is 0.357. The topological polar surface area (TPSA) is 76.0 Å². The van der Waals surface area contributed by atoms with Crippen LogP contribution < -0.4 is 10.6 Å². The number of nitrogens with zero attached hydrogens (tertiary/aromatic N) is 2. The molecule has 0 fully saturated rings. The van der Waals surface area contributed by atoms with Crippen LogP contribution in [0.3, 0.4) is 0 Å². The average Bonchev–Trinajstić information content (AvgIpc) is 2.69. The first kappa shape index (κ1) is 14.0. The molecule has 0 aliphatic rings. The number of aromatic nitrogens is 2. The molecule has 2 amide bonds. The van der Waals surface area contributed by atoms with Crippen LogP contribution in [0.4, 0.5) is 0 Å². The maximum atomic E-state index is 12.0. The third-order valence-corrected chi connectivity index (χ3v) is 3.15. The summed E-state index contributed by atoms with van der Waals surface area (Å²) in [4.78, 5) is 27.1. The zero-order valence-electron chi connectivity index (χ0n) is 11.9. The molecule has 2 N–H and O–H groups in total. The SMILES string of the molecule is CC(=O)NCCNC(=O)c1ccc2c(c1)nc(C)n2C. The maximum absolute atomic E-state index is 12.0. The number of fused-ring (bicyclic) bond motifs is 1. The van der Waals surface area contributed by atoms with Gasteiger partial charge in [0.2, 0.25) is 5.91 Å². The van der Waals surface area contributed by atoms with E-state index in [0.717, 1.165) is 16.9 Å². The zero-order valence-corrected chi connectivity index (χ0v) is 11.9. The molecule has 1 aromatic heterocycles. The predicted molar refractivity (Wildman–Crippen MR) is 76.5 cm³/mol. The molecule has 0 aliphatic carbocycles. The minimum absolute atomic E-state index is 0.107. The van der Waals surface area contributed by atoms with E-state index in [1.54, 1.807) is 12.1 Å². The Kier molecular flexibility index (Phi) is 4.02. The highest BCUT2D eigenvalue weighted by Gasteiger charge is 2.09. The van der Waals surface area contributed by atoms with Crippen LogP contribution in [-0.2, 0) is 11.8 Å². The van der Waals surface area contributed by atoms with Crippen LogP contribution in [0.15, 0.2) is 18.2 Å². The van der Waals surface area contributed by atoms with Crippen molar-refractivity contribution < 1.29 is 9.59 Å². The second kappa shape index (κ2) is 5.73. The van der Waals surface area contributed by atoms with Crippen LogP contribution in [0.2, 0.25) is 0 Å². The lowest BCUT2D eigenvalue weighted by Crippen LogP contribution is -2.33. The van der Waals surface area contributed by atoms with E-state index in [0.29, 0.717) is 18.7 Å². The van der Waals surface area contributed by atoms with Gasteiger partial charge in [-0.05, 0) is 25.1 Å².